The van der Waals surface area contributed by atoms with Crippen molar-refractivity contribution < 1.29 is 28.5 Å². The van der Waals surface area contributed by atoms with Crippen molar-refractivity contribution >= 4 is 12.0 Å². The summed E-state index contributed by atoms with van der Waals surface area (Å²) in [5, 5.41) is 0. The van der Waals surface area contributed by atoms with Crippen molar-refractivity contribution in [2.24, 2.45) is 0 Å². The van der Waals surface area contributed by atoms with Crippen LogP contribution in [0, 0.1) is 0 Å². The zero-order chi connectivity index (χ0) is 24.4. The molecule has 0 aliphatic rings. The van der Waals surface area contributed by atoms with E-state index in [4.69, 9.17) is 23.7 Å². The molecular weight excluding hydrogens is 420 g/mol. The zero-order valence-electron chi connectivity index (χ0n) is 20.7. The molecule has 0 N–H and O–H groups in total. The van der Waals surface area contributed by atoms with Crippen molar-refractivity contribution in [3.63, 3.8) is 0 Å². The Balaban J connectivity index is 2.08. The molecule has 0 saturated carbocycles. The van der Waals surface area contributed by atoms with Crippen LogP contribution in [0.3, 0.4) is 0 Å². The average Bonchev–Trinajstić information content (AvgIpc) is 2.79. The van der Waals surface area contributed by atoms with Gasteiger partial charge in [-0.3, -0.25) is 0 Å². The third kappa shape index (κ3) is 8.81. The minimum Gasteiger partial charge on any atom is -0.497 e. The Hall–Kier alpha value is -2.99. The van der Waals surface area contributed by atoms with E-state index in [2.05, 4.69) is 20.8 Å². The van der Waals surface area contributed by atoms with E-state index in [-0.39, 0.29) is 24.7 Å². The average molecular weight is 457 g/mol. The van der Waals surface area contributed by atoms with E-state index < -0.39 is 12.1 Å². The van der Waals surface area contributed by atoms with E-state index in [1.807, 2.05) is 56.3 Å². The van der Waals surface area contributed by atoms with E-state index in [0.717, 1.165) is 28.4 Å². The van der Waals surface area contributed by atoms with Gasteiger partial charge in [-0.1, -0.05) is 32.9 Å². The summed E-state index contributed by atoms with van der Waals surface area (Å²) in [5.41, 5.74) is 1.73. The van der Waals surface area contributed by atoms with Crippen LogP contribution < -0.4 is 14.2 Å². The summed E-state index contributed by atoms with van der Waals surface area (Å²) >= 11 is 0. The molecular formula is C27H36O6. The summed E-state index contributed by atoms with van der Waals surface area (Å²) in [4.78, 5) is 12.5. The molecule has 0 saturated heterocycles. The van der Waals surface area contributed by atoms with E-state index in [1.54, 1.807) is 20.3 Å². The molecule has 0 aliphatic heterocycles. The number of esters is 1. The molecule has 1 unspecified atom stereocenters. The van der Waals surface area contributed by atoms with E-state index >= 15 is 0 Å². The molecule has 33 heavy (non-hydrogen) atoms. The van der Waals surface area contributed by atoms with Gasteiger partial charge in [0.05, 0.1) is 26.9 Å². The van der Waals surface area contributed by atoms with Crippen molar-refractivity contribution in [2.75, 3.05) is 27.4 Å². The molecule has 6 nitrogen and oxygen atoms in total. The maximum Gasteiger partial charge on any atom is 0.331 e. The second kappa shape index (κ2) is 12.3. The first kappa shape index (κ1) is 26.3. The normalized spacial score (nSPS) is 12.6. The Morgan fingerprint density at radius 1 is 0.939 bits per heavy atom. The Morgan fingerprint density at radius 3 is 2.15 bits per heavy atom. The third-order valence-corrected chi connectivity index (χ3v) is 4.85. The SMILES string of the molecule is COc1ccc(/C=C/C(=O)OC(COc2ccc(OC)cc2C(C)(C)C)COC(C)C)cc1. The molecule has 0 bridgehead atoms. The molecule has 1 atom stereocenters. The number of hydrogen-bond donors (Lipinski definition) is 0. The van der Waals surface area contributed by atoms with Gasteiger partial charge in [0.25, 0.3) is 0 Å². The fourth-order valence-electron chi connectivity index (χ4n) is 3.03. The van der Waals surface area contributed by atoms with Crippen LogP contribution in [0.2, 0.25) is 0 Å². The molecule has 6 heteroatoms. The van der Waals surface area contributed by atoms with Gasteiger partial charge in [-0.15, -0.1) is 0 Å². The minimum atomic E-state index is -0.560. The predicted molar refractivity (Wildman–Crippen MR) is 130 cm³/mol. The van der Waals surface area contributed by atoms with Gasteiger partial charge in [0.1, 0.15) is 23.9 Å². The first-order valence-electron chi connectivity index (χ1n) is 11.1. The molecule has 0 aromatic heterocycles. The second-order valence-electron chi connectivity index (χ2n) is 8.97. The number of hydrogen-bond acceptors (Lipinski definition) is 6. The lowest BCUT2D eigenvalue weighted by Gasteiger charge is -2.25. The predicted octanol–water partition coefficient (Wildman–Crippen LogP) is 5.43. The monoisotopic (exact) mass is 456 g/mol. The van der Waals surface area contributed by atoms with Crippen LogP contribution in [0.5, 0.6) is 17.2 Å². The van der Waals surface area contributed by atoms with Gasteiger partial charge < -0.3 is 23.7 Å². The Morgan fingerprint density at radius 2 is 1.58 bits per heavy atom. The number of benzene rings is 2. The molecule has 0 fully saturated rings. The van der Waals surface area contributed by atoms with Gasteiger partial charge in [-0.25, -0.2) is 4.79 Å². The van der Waals surface area contributed by atoms with Gasteiger partial charge in [-0.05, 0) is 61.2 Å². The highest BCUT2D eigenvalue weighted by molar-refractivity contribution is 5.87. The molecule has 0 radical (unpaired) electrons. The molecule has 0 amide bonds. The lowest BCUT2D eigenvalue weighted by atomic mass is 9.86. The van der Waals surface area contributed by atoms with Crippen LogP contribution in [0.4, 0.5) is 0 Å². The van der Waals surface area contributed by atoms with Crippen LogP contribution in [0.1, 0.15) is 45.7 Å². The summed E-state index contributed by atoms with van der Waals surface area (Å²) in [6.45, 7) is 10.6. The maximum atomic E-state index is 12.5. The highest BCUT2D eigenvalue weighted by atomic mass is 16.6. The molecule has 180 valence electrons. The summed E-state index contributed by atoms with van der Waals surface area (Å²) in [5.74, 6) is 1.79. The lowest BCUT2D eigenvalue weighted by Crippen LogP contribution is -2.31. The first-order valence-corrected chi connectivity index (χ1v) is 11.1. The summed E-state index contributed by atoms with van der Waals surface area (Å²) in [6, 6.07) is 13.1. The minimum absolute atomic E-state index is 0.00664. The Kier molecular flexibility index (Phi) is 9.79. The van der Waals surface area contributed by atoms with Crippen molar-refractivity contribution in [2.45, 2.75) is 52.2 Å². The van der Waals surface area contributed by atoms with E-state index in [9.17, 15) is 4.79 Å². The van der Waals surface area contributed by atoms with Gasteiger partial charge in [0, 0.05) is 11.6 Å². The number of carbonyl (C=O) groups is 1. The smallest absolute Gasteiger partial charge is 0.331 e. The molecule has 2 aromatic rings. The molecule has 0 aliphatic carbocycles. The van der Waals surface area contributed by atoms with Crippen molar-refractivity contribution in [3.05, 3.63) is 59.7 Å². The standard InChI is InChI=1S/C27H36O6/c1-19(2)31-17-23(33-26(28)15-10-20-8-11-21(29-6)12-9-20)18-32-25-14-13-22(30-7)16-24(25)27(3,4)5/h8-16,19,23H,17-18H2,1-7H3/b15-10+. The zero-order valence-corrected chi connectivity index (χ0v) is 20.7. The molecule has 2 aromatic carbocycles. The van der Waals surface area contributed by atoms with Gasteiger partial charge in [0.2, 0.25) is 0 Å². The number of rotatable bonds is 11. The maximum absolute atomic E-state index is 12.5. The lowest BCUT2D eigenvalue weighted by molar-refractivity contribution is -0.149. The largest absolute Gasteiger partial charge is 0.497 e. The van der Waals surface area contributed by atoms with Crippen molar-refractivity contribution in [1.82, 2.24) is 0 Å². The van der Waals surface area contributed by atoms with Crippen LogP contribution in [0.15, 0.2) is 48.5 Å². The summed E-state index contributed by atoms with van der Waals surface area (Å²) < 4.78 is 27.9. The van der Waals surface area contributed by atoms with Crippen molar-refractivity contribution in [3.8, 4) is 17.2 Å². The number of carbonyl (C=O) groups excluding carboxylic acids is 1. The summed E-state index contributed by atoms with van der Waals surface area (Å²) in [7, 11) is 3.25. The van der Waals surface area contributed by atoms with Crippen LogP contribution in [0.25, 0.3) is 6.08 Å². The van der Waals surface area contributed by atoms with E-state index in [1.165, 1.54) is 6.08 Å². The van der Waals surface area contributed by atoms with Gasteiger partial charge in [0.15, 0.2) is 6.10 Å². The van der Waals surface area contributed by atoms with Crippen LogP contribution >= 0.6 is 0 Å². The first-order chi connectivity index (χ1) is 15.6. The highest BCUT2D eigenvalue weighted by Crippen LogP contribution is 2.34. The van der Waals surface area contributed by atoms with Gasteiger partial charge >= 0.3 is 5.97 Å². The Labute approximate surface area is 197 Å². The number of ether oxygens (including phenoxy) is 5. The highest BCUT2D eigenvalue weighted by Gasteiger charge is 2.22. The number of methoxy groups -OCH3 is 2. The van der Waals surface area contributed by atoms with Gasteiger partial charge in [-0.2, -0.15) is 0 Å². The summed E-state index contributed by atoms with van der Waals surface area (Å²) in [6.07, 6.45) is 2.55. The fraction of sp³-hybridized carbons (Fsp3) is 0.444. The molecule has 0 heterocycles. The van der Waals surface area contributed by atoms with Crippen LogP contribution in [-0.4, -0.2) is 45.6 Å². The topological polar surface area (TPSA) is 63.2 Å². The third-order valence-electron chi connectivity index (χ3n) is 4.85. The van der Waals surface area contributed by atoms with E-state index in [0.29, 0.717) is 0 Å². The molecule has 0 spiro atoms. The quantitative estimate of drug-likeness (QED) is 0.332. The molecule has 2 rings (SSSR count). The van der Waals surface area contributed by atoms with Crippen LogP contribution in [-0.2, 0) is 19.7 Å². The fourth-order valence-corrected chi connectivity index (χ4v) is 3.03. The second-order valence-corrected chi connectivity index (χ2v) is 8.97. The Bertz CT molecular complexity index is 909. The van der Waals surface area contributed by atoms with Crippen molar-refractivity contribution in [1.29, 1.82) is 0 Å².